The summed E-state index contributed by atoms with van der Waals surface area (Å²) in [4.78, 5) is 17.4. The maximum Gasteiger partial charge on any atom is 0.225 e. The molecule has 1 N–H and O–H groups in total. The van der Waals surface area contributed by atoms with E-state index < -0.39 is 5.54 Å². The molecule has 3 rings (SSSR count). The lowest BCUT2D eigenvalue weighted by molar-refractivity contribution is -0.122. The van der Waals surface area contributed by atoms with E-state index in [9.17, 15) is 4.79 Å². The van der Waals surface area contributed by atoms with Gasteiger partial charge in [0, 0.05) is 12.5 Å². The first-order chi connectivity index (χ1) is 13.1. The first-order valence-corrected chi connectivity index (χ1v) is 9.39. The van der Waals surface area contributed by atoms with E-state index in [1.54, 1.807) is 21.1 Å². The van der Waals surface area contributed by atoms with Gasteiger partial charge in [-0.2, -0.15) is 4.98 Å². The molecule has 0 radical (unpaired) electrons. The molecule has 7 heteroatoms. The highest BCUT2D eigenvalue weighted by molar-refractivity contribution is 5.80. The predicted octanol–water partition coefficient (Wildman–Crippen LogP) is 3.30. The van der Waals surface area contributed by atoms with Crippen LogP contribution in [0.2, 0.25) is 0 Å². The average Bonchev–Trinajstić information content (AvgIpc) is 2.97. The zero-order chi connectivity index (χ0) is 19.3. The number of carbonyl (C=O) groups excluding carboxylic acids is 1. The molecule has 0 unspecified atom stereocenters. The SMILES string of the molecule is COc1ccc(OC)c(CC(=O)NC2(c3noc(C)n3)CCCCCC2)c1. The van der Waals surface area contributed by atoms with Crippen LogP contribution in [0.15, 0.2) is 22.7 Å². The molecule has 0 aliphatic heterocycles. The first kappa shape index (κ1) is 19.2. The van der Waals surface area contributed by atoms with Crippen molar-refractivity contribution in [1.82, 2.24) is 15.5 Å². The van der Waals surface area contributed by atoms with Gasteiger partial charge in [-0.3, -0.25) is 4.79 Å². The van der Waals surface area contributed by atoms with Gasteiger partial charge in [-0.25, -0.2) is 0 Å². The van der Waals surface area contributed by atoms with E-state index in [1.807, 2.05) is 18.2 Å². The summed E-state index contributed by atoms with van der Waals surface area (Å²) in [6.45, 7) is 1.77. The Bertz CT molecular complexity index is 779. The number of nitrogens with zero attached hydrogens (tertiary/aromatic N) is 2. The zero-order valence-electron chi connectivity index (χ0n) is 16.2. The number of hydrogen-bond acceptors (Lipinski definition) is 6. The van der Waals surface area contributed by atoms with E-state index in [1.165, 1.54) is 0 Å². The highest BCUT2D eigenvalue weighted by Gasteiger charge is 2.38. The quantitative estimate of drug-likeness (QED) is 0.782. The highest BCUT2D eigenvalue weighted by atomic mass is 16.5. The van der Waals surface area contributed by atoms with Crippen molar-refractivity contribution in [1.29, 1.82) is 0 Å². The summed E-state index contributed by atoms with van der Waals surface area (Å²) in [5, 5.41) is 7.35. The Hall–Kier alpha value is -2.57. The summed E-state index contributed by atoms with van der Waals surface area (Å²) in [7, 11) is 3.20. The summed E-state index contributed by atoms with van der Waals surface area (Å²) in [6, 6.07) is 5.46. The van der Waals surface area contributed by atoms with Gasteiger partial charge in [0.1, 0.15) is 17.0 Å². The van der Waals surface area contributed by atoms with Crippen molar-refractivity contribution in [2.24, 2.45) is 0 Å². The second kappa shape index (κ2) is 8.41. The number of aromatic nitrogens is 2. The van der Waals surface area contributed by atoms with Crippen LogP contribution in [-0.4, -0.2) is 30.3 Å². The Labute approximate surface area is 159 Å². The molecular formula is C20H27N3O4. The maximum atomic E-state index is 13.0. The molecule has 0 saturated heterocycles. The number of aryl methyl sites for hydroxylation is 1. The second-order valence-electron chi connectivity index (χ2n) is 7.04. The Morgan fingerprint density at radius 3 is 2.52 bits per heavy atom. The van der Waals surface area contributed by atoms with Crippen LogP contribution in [0.3, 0.4) is 0 Å². The third-order valence-electron chi connectivity index (χ3n) is 5.13. The summed E-state index contributed by atoms with van der Waals surface area (Å²) in [6.07, 6.45) is 6.17. The van der Waals surface area contributed by atoms with Crippen LogP contribution in [0.25, 0.3) is 0 Å². The minimum Gasteiger partial charge on any atom is -0.497 e. The Morgan fingerprint density at radius 2 is 1.93 bits per heavy atom. The van der Waals surface area contributed by atoms with Crippen LogP contribution >= 0.6 is 0 Å². The fourth-order valence-electron chi connectivity index (χ4n) is 3.73. The molecule has 1 saturated carbocycles. The van der Waals surface area contributed by atoms with Gasteiger partial charge >= 0.3 is 0 Å². The van der Waals surface area contributed by atoms with Gasteiger partial charge in [-0.15, -0.1) is 0 Å². The van der Waals surface area contributed by atoms with Gasteiger partial charge in [0.15, 0.2) is 5.82 Å². The van der Waals surface area contributed by atoms with Gasteiger partial charge in [-0.1, -0.05) is 30.8 Å². The number of methoxy groups -OCH3 is 2. The lowest BCUT2D eigenvalue weighted by atomic mass is 9.88. The highest BCUT2D eigenvalue weighted by Crippen LogP contribution is 2.35. The Balaban J connectivity index is 1.83. The number of nitrogens with one attached hydrogen (secondary N) is 1. The summed E-state index contributed by atoms with van der Waals surface area (Å²) in [5.74, 6) is 2.35. The molecule has 1 aromatic heterocycles. The lowest BCUT2D eigenvalue weighted by Gasteiger charge is -2.31. The van der Waals surface area contributed by atoms with E-state index in [0.29, 0.717) is 23.2 Å². The number of ether oxygens (including phenoxy) is 2. The van der Waals surface area contributed by atoms with Gasteiger partial charge < -0.3 is 19.3 Å². The third-order valence-corrected chi connectivity index (χ3v) is 5.13. The molecule has 7 nitrogen and oxygen atoms in total. The molecule has 0 atom stereocenters. The smallest absolute Gasteiger partial charge is 0.225 e. The zero-order valence-corrected chi connectivity index (χ0v) is 16.2. The second-order valence-corrected chi connectivity index (χ2v) is 7.04. The van der Waals surface area contributed by atoms with E-state index in [4.69, 9.17) is 14.0 Å². The van der Waals surface area contributed by atoms with Crippen LogP contribution in [0.4, 0.5) is 0 Å². The number of hydrogen-bond donors (Lipinski definition) is 1. The average molecular weight is 373 g/mol. The van der Waals surface area contributed by atoms with Crippen molar-refractivity contribution in [2.75, 3.05) is 14.2 Å². The van der Waals surface area contributed by atoms with Crippen molar-refractivity contribution < 1.29 is 18.8 Å². The van der Waals surface area contributed by atoms with Gasteiger partial charge in [0.25, 0.3) is 0 Å². The van der Waals surface area contributed by atoms with Crippen LogP contribution in [-0.2, 0) is 16.8 Å². The molecule has 0 bridgehead atoms. The maximum absolute atomic E-state index is 13.0. The fourth-order valence-corrected chi connectivity index (χ4v) is 3.73. The molecule has 0 spiro atoms. The normalized spacial score (nSPS) is 16.4. The molecule has 1 aliphatic rings. The summed E-state index contributed by atoms with van der Waals surface area (Å²) in [5.41, 5.74) is 0.208. The molecule has 1 aliphatic carbocycles. The van der Waals surface area contributed by atoms with Gasteiger partial charge in [-0.05, 0) is 31.0 Å². The van der Waals surface area contributed by atoms with Crippen LogP contribution in [0.5, 0.6) is 11.5 Å². The summed E-state index contributed by atoms with van der Waals surface area (Å²) < 4.78 is 15.9. The van der Waals surface area contributed by atoms with Crippen LogP contribution in [0, 0.1) is 6.92 Å². The molecule has 1 aromatic carbocycles. The van der Waals surface area contributed by atoms with Crippen molar-refractivity contribution >= 4 is 5.91 Å². The number of carbonyl (C=O) groups is 1. The van der Waals surface area contributed by atoms with Crippen molar-refractivity contribution in [3.63, 3.8) is 0 Å². The first-order valence-electron chi connectivity index (χ1n) is 9.39. The Kier molecular flexibility index (Phi) is 5.98. The fraction of sp³-hybridized carbons (Fsp3) is 0.550. The molecule has 146 valence electrons. The minimum absolute atomic E-state index is 0.0918. The molecule has 1 amide bonds. The number of benzene rings is 1. The molecular weight excluding hydrogens is 346 g/mol. The third kappa shape index (κ3) is 4.40. The summed E-state index contributed by atoms with van der Waals surface area (Å²) >= 11 is 0. The van der Waals surface area contributed by atoms with E-state index in [2.05, 4.69) is 15.5 Å². The van der Waals surface area contributed by atoms with Gasteiger partial charge in [0.2, 0.25) is 11.8 Å². The Morgan fingerprint density at radius 1 is 1.19 bits per heavy atom. The number of rotatable bonds is 6. The molecule has 2 aromatic rings. The lowest BCUT2D eigenvalue weighted by Crippen LogP contribution is -2.47. The predicted molar refractivity (Wildman–Crippen MR) is 99.8 cm³/mol. The topological polar surface area (TPSA) is 86.5 Å². The standard InChI is InChI=1S/C20H27N3O4/c1-14-21-19(23-27-14)20(10-6-4-5-7-11-20)22-18(24)13-15-12-16(25-2)8-9-17(15)26-3/h8-9,12H,4-7,10-11,13H2,1-3H3,(H,22,24). The van der Waals surface area contributed by atoms with Crippen molar-refractivity contribution in [3.8, 4) is 11.5 Å². The van der Waals surface area contributed by atoms with Crippen molar-refractivity contribution in [2.45, 2.75) is 57.4 Å². The van der Waals surface area contributed by atoms with E-state index in [0.717, 1.165) is 44.1 Å². The molecule has 27 heavy (non-hydrogen) atoms. The van der Waals surface area contributed by atoms with Crippen LogP contribution in [0.1, 0.15) is 55.8 Å². The van der Waals surface area contributed by atoms with Crippen molar-refractivity contribution in [3.05, 3.63) is 35.5 Å². The largest absolute Gasteiger partial charge is 0.497 e. The monoisotopic (exact) mass is 373 g/mol. The van der Waals surface area contributed by atoms with E-state index >= 15 is 0 Å². The van der Waals surface area contributed by atoms with E-state index in [-0.39, 0.29) is 12.3 Å². The van der Waals surface area contributed by atoms with Gasteiger partial charge in [0.05, 0.1) is 20.6 Å². The molecule has 1 heterocycles. The van der Waals surface area contributed by atoms with Crippen LogP contribution < -0.4 is 14.8 Å². The molecule has 1 fully saturated rings. The number of amides is 1. The minimum atomic E-state index is -0.572.